The van der Waals surface area contributed by atoms with E-state index in [0.29, 0.717) is 5.69 Å². The molecule has 0 saturated heterocycles. The lowest BCUT2D eigenvalue weighted by Gasteiger charge is -1.94. The van der Waals surface area contributed by atoms with Gasteiger partial charge in [-0.1, -0.05) is 36.0 Å². The largest absolute Gasteiger partial charge is 0.288 e. The van der Waals surface area contributed by atoms with E-state index in [2.05, 4.69) is 4.99 Å². The van der Waals surface area contributed by atoms with Gasteiger partial charge in [0.15, 0.2) is 5.12 Å². The number of isocyanates is 1. The second kappa shape index (κ2) is 7.60. The molecule has 88 valence electrons. The summed E-state index contributed by atoms with van der Waals surface area (Å²) in [6, 6.07) is 7.28. The Morgan fingerprint density at radius 3 is 2.71 bits per heavy atom. The number of benzene rings is 1. The molecule has 0 unspecified atom stereocenters. The fraction of sp³-hybridized carbons (Fsp3) is 0.231. The molecule has 4 heteroatoms. The van der Waals surface area contributed by atoms with Gasteiger partial charge in [0.2, 0.25) is 6.08 Å². The highest BCUT2D eigenvalue weighted by molar-refractivity contribution is 8.13. The van der Waals surface area contributed by atoms with Gasteiger partial charge < -0.3 is 0 Å². The molecule has 0 bridgehead atoms. The predicted octanol–water partition coefficient (Wildman–Crippen LogP) is 3.34. The van der Waals surface area contributed by atoms with Crippen LogP contribution in [0.5, 0.6) is 0 Å². The lowest BCUT2D eigenvalue weighted by molar-refractivity contribution is -0.109. The SMILES string of the molecule is CC(=O)SCCC=Cc1ccc(N=C=O)cc1. The van der Waals surface area contributed by atoms with E-state index in [1.165, 1.54) is 17.8 Å². The van der Waals surface area contributed by atoms with Crippen molar-refractivity contribution in [3.63, 3.8) is 0 Å². The van der Waals surface area contributed by atoms with Gasteiger partial charge in [0.05, 0.1) is 5.69 Å². The molecule has 0 radical (unpaired) electrons. The topological polar surface area (TPSA) is 46.5 Å². The van der Waals surface area contributed by atoms with Crippen molar-refractivity contribution in [2.45, 2.75) is 13.3 Å². The summed E-state index contributed by atoms with van der Waals surface area (Å²) in [5, 5.41) is 0.148. The fourth-order valence-corrected chi connectivity index (χ4v) is 1.74. The first-order valence-electron chi connectivity index (χ1n) is 5.20. The van der Waals surface area contributed by atoms with Crippen molar-refractivity contribution >= 4 is 34.7 Å². The van der Waals surface area contributed by atoms with Crippen molar-refractivity contribution in [1.29, 1.82) is 0 Å². The molecule has 17 heavy (non-hydrogen) atoms. The second-order valence-corrected chi connectivity index (χ2v) is 4.60. The summed E-state index contributed by atoms with van der Waals surface area (Å²) < 4.78 is 0. The fourth-order valence-electron chi connectivity index (χ4n) is 1.20. The molecule has 1 aromatic carbocycles. The molecule has 0 aromatic heterocycles. The molecular weight excluding hydrogens is 234 g/mol. The average Bonchev–Trinajstić information content (AvgIpc) is 2.31. The van der Waals surface area contributed by atoms with Crippen molar-refractivity contribution < 1.29 is 9.59 Å². The smallest absolute Gasteiger partial charge is 0.240 e. The first kappa shape index (κ1) is 13.4. The Hall–Kier alpha value is -1.64. The molecular formula is C13H13NO2S. The van der Waals surface area contributed by atoms with Gasteiger partial charge in [0.25, 0.3) is 0 Å². The van der Waals surface area contributed by atoms with E-state index < -0.39 is 0 Å². The minimum atomic E-state index is 0.148. The summed E-state index contributed by atoms with van der Waals surface area (Å²) in [5.41, 5.74) is 1.65. The van der Waals surface area contributed by atoms with E-state index in [1.807, 2.05) is 24.3 Å². The Morgan fingerprint density at radius 1 is 1.41 bits per heavy atom. The zero-order chi connectivity index (χ0) is 12.5. The maximum Gasteiger partial charge on any atom is 0.240 e. The van der Waals surface area contributed by atoms with E-state index >= 15 is 0 Å². The summed E-state index contributed by atoms with van der Waals surface area (Å²) in [6.07, 6.45) is 6.36. The molecule has 0 heterocycles. The lowest BCUT2D eigenvalue weighted by Crippen LogP contribution is -1.83. The van der Waals surface area contributed by atoms with Crippen LogP contribution in [0.15, 0.2) is 35.3 Å². The van der Waals surface area contributed by atoms with Gasteiger partial charge in [-0.2, -0.15) is 4.99 Å². The van der Waals surface area contributed by atoms with Crippen molar-refractivity contribution in [2.24, 2.45) is 4.99 Å². The molecule has 1 rings (SSSR count). The van der Waals surface area contributed by atoms with Gasteiger partial charge in [-0.15, -0.1) is 0 Å². The summed E-state index contributed by atoms with van der Waals surface area (Å²) in [6.45, 7) is 1.57. The summed E-state index contributed by atoms with van der Waals surface area (Å²) in [7, 11) is 0. The summed E-state index contributed by atoms with van der Waals surface area (Å²) in [5.74, 6) is 0.805. The van der Waals surface area contributed by atoms with Crippen LogP contribution < -0.4 is 0 Å². The molecule has 0 saturated carbocycles. The number of hydrogen-bond acceptors (Lipinski definition) is 4. The number of allylic oxidation sites excluding steroid dienone is 1. The number of hydrogen-bond donors (Lipinski definition) is 0. The molecule has 0 atom stereocenters. The number of rotatable bonds is 5. The number of carbonyl (C=O) groups excluding carboxylic acids is 2. The van der Waals surface area contributed by atoms with Crippen LogP contribution in [0, 0.1) is 0 Å². The summed E-state index contributed by atoms with van der Waals surface area (Å²) >= 11 is 1.33. The Bertz CT molecular complexity index is 445. The zero-order valence-corrected chi connectivity index (χ0v) is 10.4. The van der Waals surface area contributed by atoms with Gasteiger partial charge >= 0.3 is 0 Å². The quantitative estimate of drug-likeness (QED) is 0.455. The third kappa shape index (κ3) is 5.85. The molecule has 0 aliphatic heterocycles. The van der Waals surface area contributed by atoms with E-state index in [9.17, 15) is 9.59 Å². The maximum atomic E-state index is 10.7. The third-order valence-corrected chi connectivity index (χ3v) is 2.81. The number of nitrogens with zero attached hydrogens (tertiary/aromatic N) is 1. The lowest BCUT2D eigenvalue weighted by atomic mass is 10.2. The van der Waals surface area contributed by atoms with Crippen LogP contribution in [-0.2, 0) is 9.59 Å². The molecule has 1 aromatic rings. The van der Waals surface area contributed by atoms with Gasteiger partial charge in [0.1, 0.15) is 0 Å². The highest BCUT2D eigenvalue weighted by Gasteiger charge is 1.92. The third-order valence-electron chi connectivity index (χ3n) is 1.97. The number of aliphatic imine (C=N–C) groups is 1. The molecule has 3 nitrogen and oxygen atoms in total. The van der Waals surface area contributed by atoms with Crippen LogP contribution >= 0.6 is 11.8 Å². The normalized spacial score (nSPS) is 10.2. The minimum absolute atomic E-state index is 0.148. The summed E-state index contributed by atoms with van der Waals surface area (Å²) in [4.78, 5) is 24.2. The molecule has 0 fully saturated rings. The van der Waals surface area contributed by atoms with Gasteiger partial charge in [-0.25, -0.2) is 4.79 Å². The van der Waals surface area contributed by atoms with Crippen LogP contribution in [-0.4, -0.2) is 16.9 Å². The monoisotopic (exact) mass is 247 g/mol. The highest BCUT2D eigenvalue weighted by atomic mass is 32.2. The van der Waals surface area contributed by atoms with Crippen molar-refractivity contribution in [2.75, 3.05) is 5.75 Å². The average molecular weight is 247 g/mol. The van der Waals surface area contributed by atoms with Crippen molar-refractivity contribution in [1.82, 2.24) is 0 Å². The molecule has 0 N–H and O–H groups in total. The molecule has 0 amide bonds. The van der Waals surface area contributed by atoms with E-state index in [-0.39, 0.29) is 5.12 Å². The minimum Gasteiger partial charge on any atom is -0.288 e. The van der Waals surface area contributed by atoms with Crippen LogP contribution in [0.25, 0.3) is 6.08 Å². The Labute approximate surface area is 105 Å². The van der Waals surface area contributed by atoms with E-state index in [1.54, 1.807) is 19.1 Å². The van der Waals surface area contributed by atoms with E-state index in [4.69, 9.17) is 0 Å². The maximum absolute atomic E-state index is 10.7. The second-order valence-electron chi connectivity index (χ2n) is 3.33. The number of thioether (sulfide) groups is 1. The Kier molecular flexibility index (Phi) is 6.00. The van der Waals surface area contributed by atoms with Crippen molar-refractivity contribution in [3.05, 3.63) is 35.9 Å². The van der Waals surface area contributed by atoms with Crippen molar-refractivity contribution in [3.8, 4) is 0 Å². The highest BCUT2D eigenvalue weighted by Crippen LogP contribution is 2.13. The Balaban J connectivity index is 2.43. The van der Waals surface area contributed by atoms with Gasteiger partial charge in [-0.3, -0.25) is 4.79 Å². The first-order chi connectivity index (χ1) is 8.22. The van der Waals surface area contributed by atoms with E-state index in [0.717, 1.165) is 17.7 Å². The number of carbonyl (C=O) groups is 1. The standard InChI is InChI=1S/C13H13NO2S/c1-11(16)17-9-3-2-4-12-5-7-13(8-6-12)14-10-15/h2,4-8H,3,9H2,1H3. The van der Waals surface area contributed by atoms with Gasteiger partial charge in [0, 0.05) is 12.7 Å². The molecule has 0 spiro atoms. The Morgan fingerprint density at radius 2 is 2.12 bits per heavy atom. The van der Waals surface area contributed by atoms with Crippen LogP contribution in [0.4, 0.5) is 5.69 Å². The van der Waals surface area contributed by atoms with Crippen LogP contribution in [0.3, 0.4) is 0 Å². The van der Waals surface area contributed by atoms with Crippen LogP contribution in [0.1, 0.15) is 18.9 Å². The predicted molar refractivity (Wildman–Crippen MR) is 71.0 cm³/mol. The molecule has 0 aliphatic rings. The first-order valence-corrected chi connectivity index (χ1v) is 6.19. The van der Waals surface area contributed by atoms with Crippen LogP contribution in [0.2, 0.25) is 0 Å². The zero-order valence-electron chi connectivity index (χ0n) is 9.55. The van der Waals surface area contributed by atoms with Gasteiger partial charge in [-0.05, 0) is 24.1 Å². The molecule has 0 aliphatic carbocycles.